The predicted octanol–water partition coefficient (Wildman–Crippen LogP) is 1.34. The number of amides is 1. The molecule has 0 atom stereocenters. The highest BCUT2D eigenvalue weighted by Crippen LogP contribution is 2.12. The van der Waals surface area contributed by atoms with Crippen LogP contribution in [0.25, 0.3) is 0 Å². The van der Waals surface area contributed by atoms with Crippen molar-refractivity contribution in [3.8, 4) is 0 Å². The zero-order valence-electron chi connectivity index (χ0n) is 9.37. The molecule has 0 bridgehead atoms. The Morgan fingerprint density at radius 1 is 1.29 bits per heavy atom. The minimum Gasteiger partial charge on any atom is -0.397 e. The second kappa shape index (κ2) is 4.61. The van der Waals surface area contributed by atoms with E-state index < -0.39 is 0 Å². The van der Waals surface area contributed by atoms with Gasteiger partial charge in [-0.1, -0.05) is 0 Å². The van der Waals surface area contributed by atoms with Crippen molar-refractivity contribution in [2.75, 3.05) is 17.7 Å². The molecule has 2 rings (SSSR count). The van der Waals surface area contributed by atoms with Crippen LogP contribution in [0.15, 0.2) is 42.9 Å². The number of anilines is 2. The van der Waals surface area contributed by atoms with E-state index >= 15 is 0 Å². The molecule has 2 heterocycles. The quantitative estimate of drug-likeness (QED) is 0.841. The first-order valence-corrected chi connectivity index (χ1v) is 5.08. The summed E-state index contributed by atoms with van der Waals surface area (Å²) >= 11 is 0. The number of pyridine rings is 2. The first-order valence-electron chi connectivity index (χ1n) is 5.08. The van der Waals surface area contributed by atoms with Gasteiger partial charge in [0.1, 0.15) is 5.69 Å². The summed E-state index contributed by atoms with van der Waals surface area (Å²) in [5, 5.41) is 0. The van der Waals surface area contributed by atoms with Gasteiger partial charge in [-0.15, -0.1) is 0 Å². The highest BCUT2D eigenvalue weighted by atomic mass is 16.2. The molecule has 2 aromatic rings. The number of nitrogen functional groups attached to an aromatic ring is 1. The monoisotopic (exact) mass is 228 g/mol. The van der Waals surface area contributed by atoms with Crippen molar-refractivity contribution in [1.82, 2.24) is 9.97 Å². The van der Waals surface area contributed by atoms with Gasteiger partial charge in [-0.3, -0.25) is 9.78 Å². The molecule has 2 N–H and O–H groups in total. The number of nitrogens with zero attached hydrogens (tertiary/aromatic N) is 3. The smallest absolute Gasteiger partial charge is 0.276 e. The van der Waals surface area contributed by atoms with Crippen LogP contribution < -0.4 is 10.6 Å². The molecule has 0 saturated heterocycles. The largest absolute Gasteiger partial charge is 0.397 e. The lowest BCUT2D eigenvalue weighted by molar-refractivity contribution is 0.0988. The fourth-order valence-electron chi connectivity index (χ4n) is 1.37. The van der Waals surface area contributed by atoms with Crippen molar-refractivity contribution in [1.29, 1.82) is 0 Å². The first-order chi connectivity index (χ1) is 8.18. The van der Waals surface area contributed by atoms with Gasteiger partial charge in [0.25, 0.3) is 5.91 Å². The van der Waals surface area contributed by atoms with Crippen LogP contribution in [0.3, 0.4) is 0 Å². The number of hydrogen-bond acceptors (Lipinski definition) is 4. The van der Waals surface area contributed by atoms with Crippen molar-refractivity contribution in [2.24, 2.45) is 0 Å². The molecule has 0 saturated carbocycles. The van der Waals surface area contributed by atoms with Crippen LogP contribution in [-0.4, -0.2) is 22.9 Å². The third-order valence-corrected chi connectivity index (χ3v) is 2.34. The van der Waals surface area contributed by atoms with Crippen molar-refractivity contribution in [2.45, 2.75) is 0 Å². The van der Waals surface area contributed by atoms with Gasteiger partial charge in [0.2, 0.25) is 0 Å². The van der Waals surface area contributed by atoms with Crippen LogP contribution in [0.2, 0.25) is 0 Å². The Labute approximate surface area is 98.9 Å². The molecule has 5 heteroatoms. The van der Waals surface area contributed by atoms with E-state index in [-0.39, 0.29) is 5.91 Å². The molecule has 86 valence electrons. The van der Waals surface area contributed by atoms with Crippen molar-refractivity contribution in [3.05, 3.63) is 48.5 Å². The lowest BCUT2D eigenvalue weighted by atomic mass is 10.3. The van der Waals surface area contributed by atoms with Gasteiger partial charge < -0.3 is 10.6 Å². The number of carbonyl (C=O) groups is 1. The molecule has 1 amide bonds. The van der Waals surface area contributed by atoms with Gasteiger partial charge in [0.15, 0.2) is 0 Å². The van der Waals surface area contributed by atoms with E-state index in [2.05, 4.69) is 9.97 Å². The maximum atomic E-state index is 12.1. The third-order valence-electron chi connectivity index (χ3n) is 2.34. The standard InChI is InChI=1S/C12H12N4O/c1-16(10-3-2-6-14-8-10)12(17)11-5-4-9(13)7-15-11/h2-8H,13H2,1H3. The number of rotatable bonds is 2. The lowest BCUT2D eigenvalue weighted by Gasteiger charge is -2.16. The molecule has 0 radical (unpaired) electrons. The average molecular weight is 228 g/mol. The summed E-state index contributed by atoms with van der Waals surface area (Å²) in [4.78, 5) is 21.5. The van der Waals surface area contributed by atoms with E-state index in [9.17, 15) is 4.79 Å². The summed E-state index contributed by atoms with van der Waals surface area (Å²) in [7, 11) is 1.68. The Bertz CT molecular complexity index is 510. The molecule has 0 aromatic carbocycles. The van der Waals surface area contributed by atoms with Gasteiger partial charge in [0, 0.05) is 13.2 Å². The second-order valence-corrected chi connectivity index (χ2v) is 3.55. The Kier molecular flexibility index (Phi) is 3.00. The summed E-state index contributed by atoms with van der Waals surface area (Å²) < 4.78 is 0. The molecule has 0 aliphatic carbocycles. The first kappa shape index (κ1) is 11.1. The molecule has 17 heavy (non-hydrogen) atoms. The molecule has 0 unspecified atom stereocenters. The number of carbonyl (C=O) groups excluding carboxylic acids is 1. The topological polar surface area (TPSA) is 72.1 Å². The van der Waals surface area contributed by atoms with E-state index in [1.54, 1.807) is 37.6 Å². The average Bonchev–Trinajstić information content (AvgIpc) is 2.39. The number of hydrogen-bond donors (Lipinski definition) is 1. The summed E-state index contributed by atoms with van der Waals surface area (Å²) in [6.07, 6.45) is 4.74. The van der Waals surface area contributed by atoms with Crippen LogP contribution in [-0.2, 0) is 0 Å². The Morgan fingerprint density at radius 2 is 2.12 bits per heavy atom. The van der Waals surface area contributed by atoms with E-state index in [1.807, 2.05) is 6.07 Å². The van der Waals surface area contributed by atoms with Gasteiger partial charge in [-0.05, 0) is 24.3 Å². The Morgan fingerprint density at radius 3 is 2.71 bits per heavy atom. The van der Waals surface area contributed by atoms with Crippen molar-refractivity contribution >= 4 is 17.3 Å². The van der Waals surface area contributed by atoms with Gasteiger partial charge in [-0.25, -0.2) is 4.98 Å². The summed E-state index contributed by atoms with van der Waals surface area (Å²) in [6.45, 7) is 0. The van der Waals surface area contributed by atoms with Crippen LogP contribution in [0, 0.1) is 0 Å². The third kappa shape index (κ3) is 2.39. The predicted molar refractivity (Wildman–Crippen MR) is 65.6 cm³/mol. The molecular weight excluding hydrogens is 216 g/mol. The Hall–Kier alpha value is -2.43. The van der Waals surface area contributed by atoms with Crippen molar-refractivity contribution in [3.63, 3.8) is 0 Å². The minimum absolute atomic E-state index is 0.196. The molecule has 2 aromatic heterocycles. The summed E-state index contributed by atoms with van der Waals surface area (Å²) in [5.74, 6) is -0.196. The van der Waals surface area contributed by atoms with Crippen LogP contribution >= 0.6 is 0 Å². The molecule has 0 spiro atoms. The van der Waals surface area contributed by atoms with E-state index in [1.165, 1.54) is 11.1 Å². The fourth-order valence-corrected chi connectivity index (χ4v) is 1.37. The van der Waals surface area contributed by atoms with Gasteiger partial charge in [0.05, 0.1) is 23.8 Å². The van der Waals surface area contributed by atoms with E-state index in [4.69, 9.17) is 5.73 Å². The zero-order chi connectivity index (χ0) is 12.3. The second-order valence-electron chi connectivity index (χ2n) is 3.55. The summed E-state index contributed by atoms with van der Waals surface area (Å²) in [6, 6.07) is 6.83. The lowest BCUT2D eigenvalue weighted by Crippen LogP contribution is -2.27. The highest BCUT2D eigenvalue weighted by molar-refractivity contribution is 6.04. The van der Waals surface area contributed by atoms with Crippen LogP contribution in [0.1, 0.15) is 10.5 Å². The molecule has 5 nitrogen and oxygen atoms in total. The van der Waals surface area contributed by atoms with E-state index in [0.717, 1.165) is 5.69 Å². The molecule has 0 aliphatic heterocycles. The van der Waals surface area contributed by atoms with Gasteiger partial charge >= 0.3 is 0 Å². The highest BCUT2D eigenvalue weighted by Gasteiger charge is 2.14. The summed E-state index contributed by atoms with van der Waals surface area (Å²) in [5.41, 5.74) is 7.12. The Balaban J connectivity index is 2.23. The maximum Gasteiger partial charge on any atom is 0.276 e. The maximum absolute atomic E-state index is 12.1. The van der Waals surface area contributed by atoms with Crippen LogP contribution in [0.5, 0.6) is 0 Å². The zero-order valence-corrected chi connectivity index (χ0v) is 9.37. The number of nitrogens with two attached hydrogens (primary N) is 1. The minimum atomic E-state index is -0.196. The van der Waals surface area contributed by atoms with Crippen molar-refractivity contribution < 1.29 is 4.79 Å². The molecule has 0 aliphatic rings. The van der Waals surface area contributed by atoms with Gasteiger partial charge in [-0.2, -0.15) is 0 Å². The van der Waals surface area contributed by atoms with Crippen LogP contribution in [0.4, 0.5) is 11.4 Å². The number of aromatic nitrogens is 2. The van der Waals surface area contributed by atoms with E-state index in [0.29, 0.717) is 11.4 Å². The fraction of sp³-hybridized carbons (Fsp3) is 0.0833. The normalized spacial score (nSPS) is 9.94. The molecular formula is C12H12N4O. The molecule has 0 fully saturated rings. The SMILES string of the molecule is CN(C(=O)c1ccc(N)cn1)c1cccnc1.